The van der Waals surface area contributed by atoms with E-state index in [-0.39, 0.29) is 0 Å². The van der Waals surface area contributed by atoms with Crippen LogP contribution in [0, 0.1) is 6.92 Å². The van der Waals surface area contributed by atoms with Gasteiger partial charge in [-0.3, -0.25) is 4.68 Å². The number of benzene rings is 1. The molecule has 0 unspecified atom stereocenters. The van der Waals surface area contributed by atoms with E-state index >= 15 is 0 Å². The van der Waals surface area contributed by atoms with Crippen LogP contribution in [0.5, 0.6) is 0 Å². The molecule has 102 valence electrons. The number of rotatable bonds is 5. The molecule has 0 saturated heterocycles. The minimum Gasteiger partial charge on any atom is -0.399 e. The summed E-state index contributed by atoms with van der Waals surface area (Å²) < 4.78 is 7.41. The van der Waals surface area contributed by atoms with E-state index in [0.29, 0.717) is 18.2 Å². The molecule has 4 nitrogen and oxygen atoms in total. The molecule has 0 radical (unpaired) electrons. The summed E-state index contributed by atoms with van der Waals surface area (Å²) in [5.74, 6) is 0. The summed E-state index contributed by atoms with van der Waals surface area (Å²) in [6.07, 6.45) is 0.793. The molecule has 0 fully saturated rings. The normalized spacial score (nSPS) is 10.9. The predicted octanol–water partition coefficient (Wildman–Crippen LogP) is 2.72. The Labute approximate surface area is 118 Å². The van der Waals surface area contributed by atoms with Gasteiger partial charge in [-0.25, -0.2) is 0 Å². The Hall–Kier alpha value is -1.52. The van der Waals surface area contributed by atoms with Crippen LogP contribution in [0.25, 0.3) is 0 Å². The number of nitrogens with two attached hydrogens (primary N) is 1. The summed E-state index contributed by atoms with van der Waals surface area (Å²) in [5.41, 5.74) is 9.52. The number of anilines is 1. The van der Waals surface area contributed by atoms with Crippen molar-refractivity contribution in [2.24, 2.45) is 7.05 Å². The minimum absolute atomic E-state index is 0.461. The number of nitrogens with zero attached hydrogens (tertiary/aromatic N) is 2. The molecule has 2 rings (SSSR count). The molecular formula is C14H18ClN3O. The van der Waals surface area contributed by atoms with Crippen LogP contribution >= 0.6 is 11.6 Å². The molecule has 0 saturated carbocycles. The highest BCUT2D eigenvalue weighted by molar-refractivity contribution is 6.31. The second-order valence-electron chi connectivity index (χ2n) is 4.47. The molecule has 1 heterocycles. The standard InChI is InChI=1S/C14H18ClN3O/c1-10-14(15)13(18(2)17-10)9-19-8-7-11-5-3-4-6-12(11)16/h3-6H,7-9,16H2,1-2H3. The van der Waals surface area contributed by atoms with Crippen molar-refractivity contribution < 1.29 is 4.74 Å². The van der Waals surface area contributed by atoms with Crippen LogP contribution in [-0.2, 0) is 24.8 Å². The van der Waals surface area contributed by atoms with E-state index in [1.807, 2.05) is 38.2 Å². The number of halogens is 1. The zero-order chi connectivity index (χ0) is 13.8. The fraction of sp³-hybridized carbons (Fsp3) is 0.357. The molecule has 1 aromatic carbocycles. The van der Waals surface area contributed by atoms with Gasteiger partial charge in [0.2, 0.25) is 0 Å². The molecular weight excluding hydrogens is 262 g/mol. The van der Waals surface area contributed by atoms with Gasteiger partial charge in [-0.05, 0) is 25.0 Å². The minimum atomic E-state index is 0.461. The van der Waals surface area contributed by atoms with Crippen molar-refractivity contribution in [1.29, 1.82) is 0 Å². The predicted molar refractivity (Wildman–Crippen MR) is 77.2 cm³/mol. The van der Waals surface area contributed by atoms with Crippen molar-refractivity contribution >= 4 is 17.3 Å². The van der Waals surface area contributed by atoms with Gasteiger partial charge in [0.05, 0.1) is 29.6 Å². The Morgan fingerprint density at radius 2 is 2.11 bits per heavy atom. The first kappa shape index (κ1) is 13.9. The first-order chi connectivity index (χ1) is 9.09. The van der Waals surface area contributed by atoms with Gasteiger partial charge < -0.3 is 10.5 Å². The number of nitrogen functional groups attached to an aromatic ring is 1. The molecule has 0 spiro atoms. The maximum Gasteiger partial charge on any atom is 0.0900 e. The second kappa shape index (κ2) is 6.08. The first-order valence-corrected chi connectivity index (χ1v) is 6.56. The van der Waals surface area contributed by atoms with Crippen LogP contribution in [0.2, 0.25) is 5.02 Å². The third-order valence-corrected chi connectivity index (χ3v) is 3.56. The number of hydrogen-bond acceptors (Lipinski definition) is 3. The van der Waals surface area contributed by atoms with Gasteiger partial charge in [0.25, 0.3) is 0 Å². The molecule has 5 heteroatoms. The van der Waals surface area contributed by atoms with Crippen molar-refractivity contribution in [1.82, 2.24) is 9.78 Å². The van der Waals surface area contributed by atoms with E-state index in [9.17, 15) is 0 Å². The average molecular weight is 280 g/mol. The Bertz CT molecular complexity index is 566. The second-order valence-corrected chi connectivity index (χ2v) is 4.85. The van der Waals surface area contributed by atoms with Crippen LogP contribution in [-0.4, -0.2) is 16.4 Å². The molecule has 0 atom stereocenters. The summed E-state index contributed by atoms with van der Waals surface area (Å²) in [5, 5.41) is 4.93. The Morgan fingerprint density at radius 3 is 2.74 bits per heavy atom. The number of para-hydroxylation sites is 1. The van der Waals surface area contributed by atoms with Crippen LogP contribution in [0.3, 0.4) is 0 Å². The highest BCUT2D eigenvalue weighted by Crippen LogP contribution is 2.20. The Morgan fingerprint density at radius 1 is 1.37 bits per heavy atom. The molecule has 0 amide bonds. The quantitative estimate of drug-likeness (QED) is 0.676. The maximum absolute atomic E-state index is 6.15. The number of ether oxygens (including phenoxy) is 1. The lowest BCUT2D eigenvalue weighted by molar-refractivity contribution is 0.118. The zero-order valence-electron chi connectivity index (χ0n) is 11.2. The van der Waals surface area contributed by atoms with Gasteiger partial charge in [0.1, 0.15) is 0 Å². The van der Waals surface area contributed by atoms with Gasteiger partial charge in [0.15, 0.2) is 0 Å². The number of hydrogen-bond donors (Lipinski definition) is 1. The molecule has 2 aromatic rings. The zero-order valence-corrected chi connectivity index (χ0v) is 11.9. The molecule has 19 heavy (non-hydrogen) atoms. The van der Waals surface area contributed by atoms with Gasteiger partial charge in [-0.15, -0.1) is 0 Å². The number of aryl methyl sites for hydroxylation is 2. The summed E-state index contributed by atoms with van der Waals surface area (Å²) in [7, 11) is 1.87. The summed E-state index contributed by atoms with van der Waals surface area (Å²) >= 11 is 6.15. The van der Waals surface area contributed by atoms with Crippen LogP contribution < -0.4 is 5.73 Å². The van der Waals surface area contributed by atoms with E-state index < -0.39 is 0 Å². The van der Waals surface area contributed by atoms with E-state index in [4.69, 9.17) is 22.1 Å². The fourth-order valence-corrected chi connectivity index (χ4v) is 2.16. The largest absolute Gasteiger partial charge is 0.399 e. The SMILES string of the molecule is Cc1nn(C)c(COCCc2ccccc2N)c1Cl. The van der Waals surface area contributed by atoms with E-state index in [1.165, 1.54) is 0 Å². The molecule has 1 aromatic heterocycles. The summed E-state index contributed by atoms with van der Waals surface area (Å²) in [6.45, 7) is 2.95. The lowest BCUT2D eigenvalue weighted by Crippen LogP contribution is -2.05. The third-order valence-electron chi connectivity index (χ3n) is 3.07. The Balaban J connectivity index is 1.86. The van der Waals surface area contributed by atoms with Crippen molar-refractivity contribution in [2.75, 3.05) is 12.3 Å². The van der Waals surface area contributed by atoms with Crippen molar-refractivity contribution in [3.05, 3.63) is 46.2 Å². The first-order valence-electron chi connectivity index (χ1n) is 6.18. The fourth-order valence-electron chi connectivity index (χ4n) is 1.95. The third kappa shape index (κ3) is 3.28. The van der Waals surface area contributed by atoms with Crippen LogP contribution in [0.15, 0.2) is 24.3 Å². The Kier molecular flexibility index (Phi) is 4.45. The monoisotopic (exact) mass is 279 g/mol. The molecule has 0 aliphatic carbocycles. The van der Waals surface area contributed by atoms with Crippen molar-refractivity contribution in [3.8, 4) is 0 Å². The molecule has 0 aliphatic heterocycles. The topological polar surface area (TPSA) is 53.1 Å². The lowest BCUT2D eigenvalue weighted by Gasteiger charge is -2.07. The maximum atomic E-state index is 6.15. The highest BCUT2D eigenvalue weighted by atomic mass is 35.5. The molecule has 2 N–H and O–H groups in total. The highest BCUT2D eigenvalue weighted by Gasteiger charge is 2.10. The van der Waals surface area contributed by atoms with Crippen LogP contribution in [0.4, 0.5) is 5.69 Å². The summed E-state index contributed by atoms with van der Waals surface area (Å²) in [4.78, 5) is 0. The smallest absolute Gasteiger partial charge is 0.0900 e. The summed E-state index contributed by atoms with van der Waals surface area (Å²) in [6, 6.07) is 7.82. The van der Waals surface area contributed by atoms with Gasteiger partial charge >= 0.3 is 0 Å². The van der Waals surface area contributed by atoms with Gasteiger partial charge in [0, 0.05) is 12.7 Å². The number of aromatic nitrogens is 2. The lowest BCUT2D eigenvalue weighted by atomic mass is 10.1. The van der Waals surface area contributed by atoms with Gasteiger partial charge in [-0.2, -0.15) is 5.10 Å². The molecule has 0 aliphatic rings. The van der Waals surface area contributed by atoms with E-state index in [0.717, 1.165) is 29.1 Å². The van der Waals surface area contributed by atoms with E-state index in [1.54, 1.807) is 4.68 Å². The molecule has 0 bridgehead atoms. The van der Waals surface area contributed by atoms with E-state index in [2.05, 4.69) is 5.10 Å². The van der Waals surface area contributed by atoms with Crippen LogP contribution in [0.1, 0.15) is 17.0 Å². The van der Waals surface area contributed by atoms with Crippen molar-refractivity contribution in [2.45, 2.75) is 20.0 Å². The van der Waals surface area contributed by atoms with Gasteiger partial charge in [-0.1, -0.05) is 29.8 Å². The van der Waals surface area contributed by atoms with Crippen molar-refractivity contribution in [3.63, 3.8) is 0 Å². The average Bonchev–Trinajstić information content (AvgIpc) is 2.62.